The van der Waals surface area contributed by atoms with E-state index in [0.717, 1.165) is 6.92 Å². The number of rotatable bonds is 20. The Hall–Kier alpha value is -2.42. The van der Waals surface area contributed by atoms with Crippen LogP contribution >= 0.6 is 0 Å². The summed E-state index contributed by atoms with van der Waals surface area (Å²) in [4.78, 5) is 78.1. The molecule has 13 nitrogen and oxygen atoms in total. The number of aliphatic carboxylic acids is 1. The van der Waals surface area contributed by atoms with E-state index in [0.29, 0.717) is 12.8 Å². The summed E-state index contributed by atoms with van der Waals surface area (Å²) in [6, 6.07) is -3.28. The zero-order valence-electron chi connectivity index (χ0n) is 24.1. The summed E-state index contributed by atoms with van der Waals surface area (Å²) in [5.74, 6) is -9.30. The quantitative estimate of drug-likeness (QED) is 0.0849. The fraction of sp³-hybridized carbons (Fsp3) is 0.769. The van der Waals surface area contributed by atoms with Crippen LogP contribution in [0.4, 0.5) is 0 Å². The molecule has 0 bridgehead atoms. The number of hydrogen-bond donors (Lipinski definition) is 7. The van der Waals surface area contributed by atoms with E-state index >= 15 is 0 Å². The second-order valence-electron chi connectivity index (χ2n) is 10.2. The predicted octanol–water partition coefficient (Wildman–Crippen LogP) is -1.46. The molecule has 224 valence electrons. The van der Waals surface area contributed by atoms with E-state index in [9.17, 15) is 49.2 Å². The Morgan fingerprint density at radius 2 is 1.33 bits per heavy atom. The van der Waals surface area contributed by atoms with Crippen LogP contribution in [0.3, 0.4) is 0 Å². The molecule has 0 saturated carbocycles. The highest BCUT2D eigenvalue weighted by atomic mass is 16.4. The number of hydrogen-bond acceptors (Lipinski definition) is 12. The Morgan fingerprint density at radius 3 is 1.72 bits per heavy atom. The largest absolute Gasteiger partial charge is 0.479 e. The van der Waals surface area contributed by atoms with Crippen LogP contribution in [0.1, 0.15) is 66.7 Å². The topological polar surface area (TPSA) is 219 Å². The first kappa shape index (κ1) is 36.6. The van der Waals surface area contributed by atoms with E-state index in [-0.39, 0.29) is 12.3 Å². The minimum atomic E-state index is -3.60. The number of nitrogens with one attached hydrogen (secondary N) is 3. The molecule has 7 atom stereocenters. The Balaban J connectivity index is 6.88. The van der Waals surface area contributed by atoms with Crippen molar-refractivity contribution in [1.29, 1.82) is 0 Å². The SMILES string of the molecule is CCC[C@H](NC)C(=O)C(O)(CC(=O)C(C)(O)C(=O)[C@@H](NC)C(C)CC)C(=O)C(O)(CC(=O)[C@H](C)NC)C(=O)O. The van der Waals surface area contributed by atoms with Gasteiger partial charge in [-0.3, -0.25) is 24.0 Å². The molecule has 0 aliphatic rings. The Kier molecular flexibility index (Phi) is 13.9. The number of Topliss-reactive ketones (excluding diaryl/α,β-unsaturated/α-hetero) is 5. The molecule has 7 N–H and O–H groups in total. The molecule has 0 spiro atoms. The van der Waals surface area contributed by atoms with Gasteiger partial charge in [-0.1, -0.05) is 33.6 Å². The van der Waals surface area contributed by atoms with Crippen molar-refractivity contribution in [3.63, 3.8) is 0 Å². The molecule has 13 heteroatoms. The summed E-state index contributed by atoms with van der Waals surface area (Å²) in [6.45, 7) is 7.35. The molecule has 0 amide bonds. The lowest BCUT2D eigenvalue weighted by Gasteiger charge is -2.36. The first-order valence-electron chi connectivity index (χ1n) is 13.0. The van der Waals surface area contributed by atoms with Gasteiger partial charge in [0, 0.05) is 0 Å². The molecule has 0 saturated heterocycles. The average molecular weight is 560 g/mol. The monoisotopic (exact) mass is 559 g/mol. The molecule has 4 unspecified atom stereocenters. The van der Waals surface area contributed by atoms with Crippen LogP contribution in [0.2, 0.25) is 0 Å². The van der Waals surface area contributed by atoms with Crippen LogP contribution in [0.15, 0.2) is 0 Å². The zero-order valence-corrected chi connectivity index (χ0v) is 24.1. The van der Waals surface area contributed by atoms with Gasteiger partial charge in [-0.2, -0.15) is 0 Å². The Morgan fingerprint density at radius 1 is 0.795 bits per heavy atom. The van der Waals surface area contributed by atoms with Crippen LogP contribution in [-0.2, 0) is 28.8 Å². The number of aliphatic hydroxyl groups is 3. The lowest BCUT2D eigenvalue weighted by Crippen LogP contribution is -2.66. The van der Waals surface area contributed by atoms with Gasteiger partial charge in [-0.15, -0.1) is 0 Å². The molecule has 0 aromatic rings. The van der Waals surface area contributed by atoms with Gasteiger partial charge in [0.25, 0.3) is 0 Å². The van der Waals surface area contributed by atoms with Gasteiger partial charge >= 0.3 is 5.97 Å². The van der Waals surface area contributed by atoms with Gasteiger partial charge in [0.15, 0.2) is 34.3 Å². The van der Waals surface area contributed by atoms with Crippen LogP contribution in [-0.4, -0.2) is 111 Å². The molecular formula is C26H45N3O10. The van der Waals surface area contributed by atoms with Crippen molar-refractivity contribution in [2.75, 3.05) is 21.1 Å². The molecule has 0 rings (SSSR count). The smallest absolute Gasteiger partial charge is 0.344 e. The Bertz CT molecular complexity index is 937. The fourth-order valence-corrected chi connectivity index (χ4v) is 4.18. The summed E-state index contributed by atoms with van der Waals surface area (Å²) in [5.41, 5.74) is -9.91. The van der Waals surface area contributed by atoms with Gasteiger partial charge in [-0.05, 0) is 47.3 Å². The van der Waals surface area contributed by atoms with E-state index in [1.54, 1.807) is 20.8 Å². The van der Waals surface area contributed by atoms with Crippen molar-refractivity contribution in [3.05, 3.63) is 0 Å². The molecule has 0 heterocycles. The van der Waals surface area contributed by atoms with Crippen molar-refractivity contribution < 1.29 is 49.2 Å². The minimum Gasteiger partial charge on any atom is -0.479 e. The highest BCUT2D eigenvalue weighted by molar-refractivity contribution is 6.25. The first-order chi connectivity index (χ1) is 17.9. The zero-order chi connectivity index (χ0) is 30.9. The maximum Gasteiger partial charge on any atom is 0.344 e. The van der Waals surface area contributed by atoms with Crippen molar-refractivity contribution >= 4 is 34.9 Å². The van der Waals surface area contributed by atoms with Crippen molar-refractivity contribution in [1.82, 2.24) is 16.0 Å². The lowest BCUT2D eigenvalue weighted by atomic mass is 9.72. The van der Waals surface area contributed by atoms with Crippen LogP contribution in [0.25, 0.3) is 0 Å². The van der Waals surface area contributed by atoms with Crippen molar-refractivity contribution in [3.8, 4) is 0 Å². The summed E-state index contributed by atoms with van der Waals surface area (Å²) in [6.07, 6.45) is -1.94. The number of carbonyl (C=O) groups excluding carboxylic acids is 5. The molecule has 0 aromatic heterocycles. The van der Waals surface area contributed by atoms with Crippen molar-refractivity contribution in [2.24, 2.45) is 5.92 Å². The molecule has 0 aliphatic carbocycles. The molecule has 0 aromatic carbocycles. The number of ketones is 5. The second kappa shape index (κ2) is 14.8. The first-order valence-corrected chi connectivity index (χ1v) is 13.0. The fourth-order valence-electron chi connectivity index (χ4n) is 4.18. The van der Waals surface area contributed by atoms with Crippen LogP contribution in [0.5, 0.6) is 0 Å². The standard InChI is InChI=1S/C26H45N3O10/c1-9-11-16(28-7)20(32)25(38,22(34)26(39,23(35)36)12-17(30)15(4)27-6)13-18(31)24(5,37)21(33)19(29-8)14(3)10-2/h14-16,19,27-29,37-39H,9-13H2,1-8H3,(H,35,36)/t14?,15-,16-,19-,24?,25?,26?/m0/s1. The maximum absolute atomic E-state index is 13.6. The van der Waals surface area contributed by atoms with Gasteiger partial charge in [-0.25, -0.2) is 4.79 Å². The van der Waals surface area contributed by atoms with Gasteiger partial charge < -0.3 is 36.4 Å². The summed E-state index contributed by atoms with van der Waals surface area (Å²) >= 11 is 0. The lowest BCUT2D eigenvalue weighted by molar-refractivity contribution is -0.181. The van der Waals surface area contributed by atoms with Gasteiger partial charge in [0.05, 0.1) is 31.0 Å². The maximum atomic E-state index is 13.6. The summed E-state index contributed by atoms with van der Waals surface area (Å²) < 4.78 is 0. The average Bonchev–Trinajstić information content (AvgIpc) is 2.89. The second-order valence-corrected chi connectivity index (χ2v) is 10.2. The predicted molar refractivity (Wildman–Crippen MR) is 141 cm³/mol. The molecule has 39 heavy (non-hydrogen) atoms. The molecule has 0 fully saturated rings. The van der Waals surface area contributed by atoms with Crippen LogP contribution < -0.4 is 16.0 Å². The third-order valence-corrected chi connectivity index (χ3v) is 7.35. The van der Waals surface area contributed by atoms with Crippen molar-refractivity contribution in [2.45, 2.75) is 102 Å². The van der Waals surface area contributed by atoms with E-state index in [2.05, 4.69) is 16.0 Å². The minimum absolute atomic E-state index is 0.0471. The highest BCUT2D eigenvalue weighted by Gasteiger charge is 2.61. The van der Waals surface area contributed by atoms with Crippen LogP contribution in [0, 0.1) is 5.92 Å². The van der Waals surface area contributed by atoms with E-state index < -0.39 is 82.7 Å². The summed E-state index contributed by atoms with van der Waals surface area (Å²) in [5, 5.41) is 50.9. The number of carboxylic acids is 1. The third-order valence-electron chi connectivity index (χ3n) is 7.35. The van der Waals surface area contributed by atoms with E-state index in [1.807, 2.05) is 0 Å². The highest BCUT2D eigenvalue weighted by Crippen LogP contribution is 2.30. The summed E-state index contributed by atoms with van der Waals surface area (Å²) in [7, 11) is 4.15. The third kappa shape index (κ3) is 8.05. The number of likely N-dealkylation sites (N-methyl/N-ethyl adjacent to an activating group) is 3. The molecule has 0 radical (unpaired) electrons. The molecular weight excluding hydrogens is 514 g/mol. The normalized spacial score (nSPS) is 19.4. The van der Waals surface area contributed by atoms with E-state index in [1.165, 1.54) is 28.1 Å². The van der Waals surface area contributed by atoms with Gasteiger partial charge in [0.1, 0.15) is 0 Å². The van der Waals surface area contributed by atoms with E-state index in [4.69, 9.17) is 0 Å². The molecule has 0 aliphatic heterocycles. The number of carboxylic acid groups (broad SMARTS) is 1. The Labute approximate surface area is 229 Å². The van der Waals surface area contributed by atoms with Gasteiger partial charge in [0.2, 0.25) is 11.4 Å². The number of carbonyl (C=O) groups is 6.